The molecule has 0 aliphatic carbocycles. The number of fused-ring (bicyclic) bond motifs is 1. The molecule has 0 bridgehead atoms. The van der Waals surface area contributed by atoms with Crippen molar-refractivity contribution in [1.29, 1.82) is 0 Å². The largest absolute Gasteiger partial charge is 0.490 e. The molecule has 42 heavy (non-hydrogen) atoms. The lowest BCUT2D eigenvalue weighted by atomic mass is 10.0. The monoisotopic (exact) mass is 578 g/mol. The van der Waals surface area contributed by atoms with Crippen LogP contribution < -0.4 is 35.0 Å². The van der Waals surface area contributed by atoms with E-state index < -0.39 is 29.6 Å². The van der Waals surface area contributed by atoms with Gasteiger partial charge in [-0.1, -0.05) is 26.0 Å². The lowest BCUT2D eigenvalue weighted by molar-refractivity contribution is -0.124. The first-order valence-corrected chi connectivity index (χ1v) is 13.2. The van der Waals surface area contributed by atoms with Gasteiger partial charge in [0.2, 0.25) is 6.79 Å². The molecule has 0 aromatic heterocycles. The fraction of sp³-hybridized carbons (Fsp3) is 0.267. The summed E-state index contributed by atoms with van der Waals surface area (Å²) < 4.78 is 35.6. The Balaban J connectivity index is 1.34. The number of hydrogen-bond donors (Lipinski definition) is 3. The van der Waals surface area contributed by atoms with Crippen LogP contribution >= 0.6 is 0 Å². The van der Waals surface area contributed by atoms with Crippen molar-refractivity contribution < 1.29 is 37.7 Å². The zero-order valence-corrected chi connectivity index (χ0v) is 23.3. The van der Waals surface area contributed by atoms with Crippen molar-refractivity contribution in [1.82, 2.24) is 10.7 Å². The van der Waals surface area contributed by atoms with E-state index in [1.807, 2.05) is 0 Å². The summed E-state index contributed by atoms with van der Waals surface area (Å²) in [6.45, 7) is 5.45. The summed E-state index contributed by atoms with van der Waals surface area (Å²) in [6.07, 6.45) is 1.41. The number of carbonyl (C=O) groups is 3. The van der Waals surface area contributed by atoms with Crippen LogP contribution in [0.4, 0.5) is 10.1 Å². The smallest absolute Gasteiger partial charge is 0.262 e. The topological polar surface area (TPSA) is 137 Å². The van der Waals surface area contributed by atoms with Crippen molar-refractivity contribution in [3.8, 4) is 23.0 Å². The van der Waals surface area contributed by atoms with Crippen LogP contribution in [0.5, 0.6) is 23.0 Å². The lowest BCUT2D eigenvalue weighted by Gasteiger charge is -2.20. The molecule has 0 saturated heterocycles. The van der Waals surface area contributed by atoms with E-state index in [9.17, 15) is 18.8 Å². The van der Waals surface area contributed by atoms with Crippen LogP contribution in [0.1, 0.15) is 36.7 Å². The number of nitrogens with zero attached hydrogens (tertiary/aromatic N) is 1. The van der Waals surface area contributed by atoms with E-state index in [0.29, 0.717) is 40.7 Å². The third kappa shape index (κ3) is 7.74. The van der Waals surface area contributed by atoms with E-state index in [-0.39, 0.29) is 25.0 Å². The van der Waals surface area contributed by atoms with Crippen LogP contribution in [0.2, 0.25) is 0 Å². The summed E-state index contributed by atoms with van der Waals surface area (Å²) in [4.78, 5) is 37.9. The minimum absolute atomic E-state index is 0.0527. The molecule has 1 unspecified atom stereocenters. The average molecular weight is 579 g/mol. The highest BCUT2D eigenvalue weighted by atomic mass is 19.1. The summed E-state index contributed by atoms with van der Waals surface area (Å²) in [5.41, 5.74) is 3.42. The maximum absolute atomic E-state index is 13.8. The Bertz CT molecular complexity index is 1480. The number of nitrogens with one attached hydrogen (secondary N) is 3. The zero-order chi connectivity index (χ0) is 30.1. The fourth-order valence-electron chi connectivity index (χ4n) is 3.92. The summed E-state index contributed by atoms with van der Waals surface area (Å²) in [6, 6.07) is 14.6. The number of anilines is 1. The normalized spacial score (nSPS) is 12.6. The Morgan fingerprint density at radius 2 is 1.79 bits per heavy atom. The van der Waals surface area contributed by atoms with Gasteiger partial charge < -0.3 is 29.6 Å². The molecule has 220 valence electrons. The number of halogens is 1. The van der Waals surface area contributed by atoms with Crippen molar-refractivity contribution >= 4 is 29.6 Å². The molecule has 1 aliphatic rings. The molecule has 3 amide bonds. The van der Waals surface area contributed by atoms with Gasteiger partial charge in [-0.2, -0.15) is 5.10 Å². The zero-order valence-electron chi connectivity index (χ0n) is 23.3. The molecule has 0 spiro atoms. The number of ether oxygens (including phenoxy) is 4. The molecular weight excluding hydrogens is 547 g/mol. The van der Waals surface area contributed by atoms with Crippen LogP contribution in [0.25, 0.3) is 0 Å². The van der Waals surface area contributed by atoms with Crippen molar-refractivity contribution in [2.45, 2.75) is 26.8 Å². The molecule has 1 atom stereocenters. The number of hydrogen-bond acceptors (Lipinski definition) is 8. The Morgan fingerprint density at radius 1 is 1.00 bits per heavy atom. The molecule has 4 rings (SSSR count). The molecular formula is C30H31FN4O7. The van der Waals surface area contributed by atoms with Gasteiger partial charge in [0.1, 0.15) is 11.9 Å². The predicted octanol–water partition coefficient (Wildman–Crippen LogP) is 3.88. The van der Waals surface area contributed by atoms with Gasteiger partial charge in [-0.3, -0.25) is 14.4 Å². The molecule has 0 saturated carbocycles. The molecule has 3 N–H and O–H groups in total. The van der Waals surface area contributed by atoms with Crippen molar-refractivity contribution in [2.24, 2.45) is 11.0 Å². The molecule has 1 aliphatic heterocycles. The number of amides is 3. The van der Waals surface area contributed by atoms with Gasteiger partial charge >= 0.3 is 0 Å². The maximum atomic E-state index is 13.8. The van der Waals surface area contributed by atoms with Crippen molar-refractivity contribution in [2.75, 3.05) is 25.3 Å². The SMILES string of the molecule is CCOc1cc(/C=N/NC(=O)C(NC(=O)c2ccc3c(c2)OCO3)C(C)C)ccc1OCC(=O)Nc1ccccc1F. The number of benzene rings is 3. The second kappa shape index (κ2) is 14.0. The van der Waals surface area contributed by atoms with Crippen molar-refractivity contribution in [3.05, 3.63) is 77.6 Å². The number of hydrazone groups is 1. The lowest BCUT2D eigenvalue weighted by Crippen LogP contribution is -2.48. The van der Waals surface area contributed by atoms with Gasteiger partial charge in [0, 0.05) is 5.56 Å². The number of carbonyl (C=O) groups excluding carboxylic acids is 3. The standard InChI is InChI=1S/C30H31FN4O7/c1-4-39-25-13-19(9-11-23(25)40-16-27(36)33-22-8-6-5-7-21(22)31)15-32-35-30(38)28(18(2)3)34-29(37)20-10-12-24-26(14-20)42-17-41-24/h5-15,18,28H,4,16-17H2,1-3H3,(H,33,36)(H,34,37)(H,35,38)/b32-15+. The van der Waals surface area contributed by atoms with E-state index in [1.165, 1.54) is 24.4 Å². The first-order valence-electron chi connectivity index (χ1n) is 13.2. The van der Waals surface area contributed by atoms with Gasteiger partial charge in [-0.15, -0.1) is 0 Å². The van der Waals surface area contributed by atoms with Gasteiger partial charge in [0.15, 0.2) is 29.6 Å². The van der Waals surface area contributed by atoms with Crippen LogP contribution in [0.15, 0.2) is 65.8 Å². The summed E-state index contributed by atoms with van der Waals surface area (Å²) in [7, 11) is 0. The quantitative estimate of drug-likeness (QED) is 0.219. The first kappa shape index (κ1) is 29.8. The minimum Gasteiger partial charge on any atom is -0.490 e. The average Bonchev–Trinajstić information content (AvgIpc) is 3.44. The second-order valence-electron chi connectivity index (χ2n) is 9.45. The summed E-state index contributed by atoms with van der Waals surface area (Å²) >= 11 is 0. The summed E-state index contributed by atoms with van der Waals surface area (Å²) in [5, 5.41) is 9.21. The highest BCUT2D eigenvalue weighted by Gasteiger charge is 2.25. The maximum Gasteiger partial charge on any atom is 0.262 e. The minimum atomic E-state index is -0.856. The highest BCUT2D eigenvalue weighted by Crippen LogP contribution is 2.32. The van der Waals surface area contributed by atoms with E-state index in [1.54, 1.807) is 63.2 Å². The third-order valence-corrected chi connectivity index (χ3v) is 6.03. The van der Waals surface area contributed by atoms with Crippen molar-refractivity contribution in [3.63, 3.8) is 0 Å². The van der Waals surface area contributed by atoms with E-state index in [0.717, 1.165) is 0 Å². The van der Waals surface area contributed by atoms with Gasteiger partial charge in [-0.25, -0.2) is 9.82 Å². The number of para-hydroxylation sites is 1. The Labute approximate surface area is 242 Å². The third-order valence-electron chi connectivity index (χ3n) is 6.03. The van der Waals surface area contributed by atoms with Gasteiger partial charge in [0.25, 0.3) is 17.7 Å². The molecule has 3 aromatic carbocycles. The first-order chi connectivity index (χ1) is 20.2. The van der Waals surface area contributed by atoms with E-state index >= 15 is 0 Å². The predicted molar refractivity (Wildman–Crippen MR) is 153 cm³/mol. The van der Waals surface area contributed by atoms with Crippen LogP contribution in [-0.4, -0.2) is 50.0 Å². The molecule has 1 heterocycles. The van der Waals surface area contributed by atoms with E-state index in [2.05, 4.69) is 21.2 Å². The number of rotatable bonds is 12. The van der Waals surface area contributed by atoms with E-state index in [4.69, 9.17) is 18.9 Å². The van der Waals surface area contributed by atoms with Crippen LogP contribution in [-0.2, 0) is 9.59 Å². The summed E-state index contributed by atoms with van der Waals surface area (Å²) in [5.74, 6) is -0.593. The molecule has 3 aromatic rings. The molecule has 0 fully saturated rings. The van der Waals surface area contributed by atoms with Crippen LogP contribution in [0.3, 0.4) is 0 Å². The Morgan fingerprint density at radius 3 is 2.55 bits per heavy atom. The highest BCUT2D eigenvalue weighted by molar-refractivity contribution is 5.98. The second-order valence-corrected chi connectivity index (χ2v) is 9.45. The van der Waals surface area contributed by atoms with Gasteiger partial charge in [0.05, 0.1) is 18.5 Å². The molecule has 12 heteroatoms. The Hall–Kier alpha value is -5.13. The van der Waals surface area contributed by atoms with Gasteiger partial charge in [-0.05, 0) is 66.9 Å². The molecule has 11 nitrogen and oxygen atoms in total. The van der Waals surface area contributed by atoms with Crippen LogP contribution in [0, 0.1) is 11.7 Å². The fourth-order valence-corrected chi connectivity index (χ4v) is 3.92. The molecule has 0 radical (unpaired) electrons. The Kier molecular flexibility index (Phi) is 9.93.